The number of anilines is 1. The second-order valence-electron chi connectivity index (χ2n) is 8.53. The zero-order valence-electron chi connectivity index (χ0n) is 16.3. The molecule has 0 saturated carbocycles. The van der Waals surface area contributed by atoms with Crippen molar-refractivity contribution in [3.63, 3.8) is 0 Å². The molecule has 0 atom stereocenters. The lowest BCUT2D eigenvalue weighted by Crippen LogP contribution is -2.21. The summed E-state index contributed by atoms with van der Waals surface area (Å²) in [4.78, 5) is 12.8. The third-order valence-corrected chi connectivity index (χ3v) is 4.28. The molecule has 2 rings (SSSR count). The number of phenolic OH excluding ortho intramolecular Hbond substituents is 1. The number of para-hydroxylation sites is 1. The Morgan fingerprint density at radius 2 is 1.50 bits per heavy atom. The molecule has 1 amide bonds. The first-order chi connectivity index (χ1) is 11.9. The SMILES string of the molecule is CC(C)(C)c1cc(C(=O)Nc2ccccc2C#N)cc(C(C)(C)C)c1O. The van der Waals surface area contributed by atoms with Crippen LogP contribution in [0.5, 0.6) is 5.75 Å². The lowest BCUT2D eigenvalue weighted by Gasteiger charge is -2.28. The number of nitrogens with one attached hydrogen (secondary N) is 1. The van der Waals surface area contributed by atoms with Crippen molar-refractivity contribution in [2.75, 3.05) is 5.32 Å². The molecular weight excluding hydrogens is 324 g/mol. The molecule has 136 valence electrons. The zero-order valence-corrected chi connectivity index (χ0v) is 16.3. The summed E-state index contributed by atoms with van der Waals surface area (Å²) in [5.41, 5.74) is 2.17. The van der Waals surface area contributed by atoms with Crippen LogP contribution < -0.4 is 5.32 Å². The molecule has 0 aliphatic carbocycles. The van der Waals surface area contributed by atoms with Crippen LogP contribution in [0.1, 0.15) is 68.6 Å². The number of rotatable bonds is 2. The van der Waals surface area contributed by atoms with Crippen LogP contribution in [0.4, 0.5) is 5.69 Å². The Balaban J connectivity index is 2.55. The van der Waals surface area contributed by atoms with Gasteiger partial charge in [-0.15, -0.1) is 0 Å². The van der Waals surface area contributed by atoms with Crippen LogP contribution in [0.3, 0.4) is 0 Å². The van der Waals surface area contributed by atoms with Gasteiger partial charge in [0, 0.05) is 16.7 Å². The van der Waals surface area contributed by atoms with Crippen molar-refractivity contribution in [3.05, 3.63) is 58.7 Å². The van der Waals surface area contributed by atoms with Gasteiger partial charge >= 0.3 is 0 Å². The third kappa shape index (κ3) is 4.05. The number of benzene rings is 2. The van der Waals surface area contributed by atoms with Crippen LogP contribution in [0, 0.1) is 11.3 Å². The highest BCUT2D eigenvalue weighted by Gasteiger charge is 2.27. The van der Waals surface area contributed by atoms with Crippen LogP contribution >= 0.6 is 0 Å². The minimum Gasteiger partial charge on any atom is -0.507 e. The first-order valence-electron chi connectivity index (χ1n) is 8.63. The highest BCUT2D eigenvalue weighted by Crippen LogP contribution is 2.39. The standard InChI is InChI=1S/C22H26N2O2/c1-21(2,3)16-11-15(12-17(19(16)25)22(4,5)6)20(26)24-18-10-8-7-9-14(18)13-23/h7-12,25H,1-6H3,(H,24,26). The molecule has 0 heterocycles. The Bertz CT molecular complexity index is 843. The van der Waals surface area contributed by atoms with Gasteiger partial charge in [-0.2, -0.15) is 5.26 Å². The number of hydrogen-bond acceptors (Lipinski definition) is 3. The van der Waals surface area contributed by atoms with Crippen LogP contribution in [-0.2, 0) is 10.8 Å². The number of nitrogens with zero attached hydrogens (tertiary/aromatic N) is 1. The van der Waals surface area contributed by atoms with E-state index in [9.17, 15) is 15.2 Å². The molecule has 0 unspecified atom stereocenters. The minimum atomic E-state index is -0.315. The van der Waals surface area contributed by atoms with E-state index in [-0.39, 0.29) is 22.5 Å². The third-order valence-electron chi connectivity index (χ3n) is 4.28. The molecule has 0 saturated heterocycles. The number of aromatic hydroxyl groups is 1. The maximum absolute atomic E-state index is 12.8. The average Bonchev–Trinajstić information content (AvgIpc) is 2.53. The fourth-order valence-electron chi connectivity index (χ4n) is 2.79. The molecule has 0 aromatic heterocycles. The van der Waals surface area contributed by atoms with Gasteiger partial charge in [0.25, 0.3) is 5.91 Å². The largest absolute Gasteiger partial charge is 0.507 e. The Kier molecular flexibility index (Phi) is 5.13. The van der Waals surface area contributed by atoms with E-state index in [0.717, 1.165) is 11.1 Å². The maximum Gasteiger partial charge on any atom is 0.255 e. The van der Waals surface area contributed by atoms with Crippen molar-refractivity contribution in [2.24, 2.45) is 0 Å². The number of hydrogen-bond donors (Lipinski definition) is 2. The molecular formula is C22H26N2O2. The molecule has 0 spiro atoms. The summed E-state index contributed by atoms with van der Waals surface area (Å²) in [5, 5.41) is 22.8. The van der Waals surface area contributed by atoms with Crippen LogP contribution in [-0.4, -0.2) is 11.0 Å². The van der Waals surface area contributed by atoms with E-state index in [0.29, 0.717) is 16.8 Å². The van der Waals surface area contributed by atoms with Crippen molar-refractivity contribution >= 4 is 11.6 Å². The Morgan fingerprint density at radius 3 is 1.96 bits per heavy atom. The predicted molar refractivity (Wildman–Crippen MR) is 105 cm³/mol. The molecule has 4 heteroatoms. The summed E-state index contributed by atoms with van der Waals surface area (Å²) in [7, 11) is 0. The molecule has 0 bridgehead atoms. The summed E-state index contributed by atoms with van der Waals surface area (Å²) < 4.78 is 0. The van der Waals surface area contributed by atoms with E-state index >= 15 is 0 Å². The molecule has 4 nitrogen and oxygen atoms in total. The van der Waals surface area contributed by atoms with Gasteiger partial charge in [0.1, 0.15) is 11.8 Å². The van der Waals surface area contributed by atoms with E-state index in [1.807, 2.05) is 41.5 Å². The fourth-order valence-corrected chi connectivity index (χ4v) is 2.79. The summed E-state index contributed by atoms with van der Waals surface area (Å²) in [6.07, 6.45) is 0. The fraction of sp³-hybridized carbons (Fsp3) is 0.364. The van der Waals surface area contributed by atoms with E-state index in [1.165, 1.54) is 0 Å². The highest BCUT2D eigenvalue weighted by molar-refractivity contribution is 6.05. The lowest BCUT2D eigenvalue weighted by atomic mass is 9.78. The van der Waals surface area contributed by atoms with Crippen molar-refractivity contribution in [2.45, 2.75) is 52.4 Å². The van der Waals surface area contributed by atoms with Gasteiger partial charge in [0.15, 0.2) is 0 Å². The van der Waals surface area contributed by atoms with Crippen LogP contribution in [0.15, 0.2) is 36.4 Å². The summed E-state index contributed by atoms with van der Waals surface area (Å²) in [5.74, 6) is -0.0670. The lowest BCUT2D eigenvalue weighted by molar-refractivity contribution is 0.102. The van der Waals surface area contributed by atoms with Gasteiger partial charge in [0.05, 0.1) is 11.3 Å². The molecule has 2 aromatic carbocycles. The Hall–Kier alpha value is -2.80. The number of nitriles is 1. The molecule has 0 fully saturated rings. The second kappa shape index (κ2) is 6.84. The average molecular weight is 350 g/mol. The monoisotopic (exact) mass is 350 g/mol. The van der Waals surface area contributed by atoms with Gasteiger partial charge < -0.3 is 10.4 Å². The van der Waals surface area contributed by atoms with Gasteiger partial charge in [-0.25, -0.2) is 0 Å². The Labute approximate surface area is 155 Å². The zero-order chi connectivity index (χ0) is 19.7. The second-order valence-corrected chi connectivity index (χ2v) is 8.53. The van der Waals surface area contributed by atoms with Crippen LogP contribution in [0.25, 0.3) is 0 Å². The van der Waals surface area contributed by atoms with Crippen molar-refractivity contribution < 1.29 is 9.90 Å². The summed E-state index contributed by atoms with van der Waals surface area (Å²) in [6.45, 7) is 12.0. The van der Waals surface area contributed by atoms with E-state index in [4.69, 9.17) is 0 Å². The molecule has 2 aromatic rings. The van der Waals surface area contributed by atoms with Crippen molar-refractivity contribution in [1.29, 1.82) is 5.26 Å². The summed E-state index contributed by atoms with van der Waals surface area (Å²) in [6, 6.07) is 12.4. The first-order valence-corrected chi connectivity index (χ1v) is 8.63. The van der Waals surface area contributed by atoms with Gasteiger partial charge in [0.2, 0.25) is 0 Å². The normalized spacial score (nSPS) is 11.7. The molecule has 0 radical (unpaired) electrons. The smallest absolute Gasteiger partial charge is 0.255 e. The molecule has 0 aliphatic heterocycles. The number of phenols is 1. The first kappa shape index (κ1) is 19.5. The number of carbonyl (C=O) groups excluding carboxylic acids is 1. The number of amides is 1. The highest BCUT2D eigenvalue weighted by atomic mass is 16.3. The van der Waals surface area contributed by atoms with Crippen molar-refractivity contribution in [3.8, 4) is 11.8 Å². The van der Waals surface area contributed by atoms with Gasteiger partial charge in [-0.3, -0.25) is 4.79 Å². The van der Waals surface area contributed by atoms with Crippen LogP contribution in [0.2, 0.25) is 0 Å². The molecule has 0 aliphatic rings. The predicted octanol–water partition coefficient (Wildman–Crippen LogP) is 5.11. The van der Waals surface area contributed by atoms with Gasteiger partial charge in [-0.1, -0.05) is 53.7 Å². The minimum absolute atomic E-state index is 0.235. The Morgan fingerprint density at radius 1 is 1.00 bits per heavy atom. The van der Waals surface area contributed by atoms with Gasteiger partial charge in [-0.05, 0) is 35.1 Å². The maximum atomic E-state index is 12.8. The topological polar surface area (TPSA) is 73.1 Å². The van der Waals surface area contributed by atoms with E-state index in [2.05, 4.69) is 11.4 Å². The quantitative estimate of drug-likeness (QED) is 0.790. The molecule has 26 heavy (non-hydrogen) atoms. The number of carbonyl (C=O) groups is 1. The summed E-state index contributed by atoms with van der Waals surface area (Å²) >= 11 is 0. The molecule has 2 N–H and O–H groups in total. The van der Waals surface area contributed by atoms with E-state index in [1.54, 1.807) is 36.4 Å². The van der Waals surface area contributed by atoms with Crippen molar-refractivity contribution in [1.82, 2.24) is 0 Å². The van der Waals surface area contributed by atoms with E-state index < -0.39 is 0 Å².